The second-order valence-corrected chi connectivity index (χ2v) is 5.31. The van der Waals surface area contributed by atoms with E-state index in [0.717, 1.165) is 16.5 Å². The molecule has 0 fully saturated rings. The molecular weight excluding hydrogens is 278 g/mol. The molecule has 0 aliphatic carbocycles. The molecule has 1 atom stereocenters. The van der Waals surface area contributed by atoms with E-state index in [-0.39, 0.29) is 16.5 Å². The Morgan fingerprint density at radius 1 is 1.14 bits per heavy atom. The summed E-state index contributed by atoms with van der Waals surface area (Å²) < 4.78 is 0. The predicted octanol–water partition coefficient (Wildman–Crippen LogP) is 3.36. The number of H-pyrrole nitrogens is 1. The van der Waals surface area contributed by atoms with Crippen molar-refractivity contribution in [3.8, 4) is 0 Å². The molecule has 0 aliphatic heterocycles. The van der Waals surface area contributed by atoms with Crippen LogP contribution in [0.2, 0.25) is 0 Å². The lowest BCUT2D eigenvalue weighted by Gasteiger charge is -2.14. The van der Waals surface area contributed by atoms with Crippen LogP contribution in [0.4, 0.5) is 5.69 Å². The van der Waals surface area contributed by atoms with Crippen LogP contribution in [-0.4, -0.2) is 16.5 Å². The van der Waals surface area contributed by atoms with E-state index in [1.165, 1.54) is 6.07 Å². The fourth-order valence-electron chi connectivity index (χ4n) is 2.88. The van der Waals surface area contributed by atoms with Gasteiger partial charge in [0, 0.05) is 34.6 Å². The molecule has 1 aromatic heterocycles. The fourth-order valence-corrected chi connectivity index (χ4v) is 2.88. The summed E-state index contributed by atoms with van der Waals surface area (Å²) in [5.41, 5.74) is 8.98. The molecule has 5 nitrogen and oxygen atoms in total. The molecule has 22 heavy (non-hydrogen) atoms. The smallest absolute Gasteiger partial charge is 0.272 e. The summed E-state index contributed by atoms with van der Waals surface area (Å²) in [6, 6.07) is 14.9. The molecule has 1 heterocycles. The molecule has 0 radical (unpaired) electrons. The molecule has 112 valence electrons. The minimum atomic E-state index is -0.335. The average Bonchev–Trinajstić information content (AvgIpc) is 2.97. The molecule has 3 rings (SSSR count). The number of nitro benzene ring substituents is 1. The highest BCUT2D eigenvalue weighted by Crippen LogP contribution is 2.30. The monoisotopic (exact) mass is 295 g/mol. The minimum absolute atomic E-state index is 0.0391. The van der Waals surface area contributed by atoms with E-state index in [4.69, 9.17) is 5.73 Å². The summed E-state index contributed by atoms with van der Waals surface area (Å²) in [5, 5.41) is 12.3. The largest absolute Gasteiger partial charge is 0.361 e. The Morgan fingerprint density at radius 2 is 1.86 bits per heavy atom. The normalized spacial score (nSPS) is 12.4. The molecule has 0 amide bonds. The number of nitrogens with two attached hydrogens (primary N) is 1. The van der Waals surface area contributed by atoms with Crippen LogP contribution in [0.15, 0.2) is 54.7 Å². The van der Waals surface area contributed by atoms with Crippen LogP contribution in [0.3, 0.4) is 0 Å². The third kappa shape index (κ3) is 2.58. The second kappa shape index (κ2) is 5.99. The van der Waals surface area contributed by atoms with Crippen molar-refractivity contribution < 1.29 is 4.92 Å². The number of nitro groups is 1. The SMILES string of the molecule is NCC(Cc1ccccc1[N+](=O)[O-])c1c[nH]c2ccccc12. The van der Waals surface area contributed by atoms with Gasteiger partial charge in [-0.15, -0.1) is 0 Å². The first-order chi connectivity index (χ1) is 10.7. The number of hydrogen-bond acceptors (Lipinski definition) is 3. The van der Waals surface area contributed by atoms with E-state index in [1.54, 1.807) is 12.1 Å². The van der Waals surface area contributed by atoms with E-state index < -0.39 is 0 Å². The van der Waals surface area contributed by atoms with Crippen LogP contribution >= 0.6 is 0 Å². The molecule has 2 aromatic carbocycles. The number of nitrogens with zero attached hydrogens (tertiary/aromatic N) is 1. The van der Waals surface area contributed by atoms with Crippen LogP contribution in [0.1, 0.15) is 17.0 Å². The number of para-hydroxylation sites is 2. The first-order valence-corrected chi connectivity index (χ1v) is 7.19. The molecular formula is C17H17N3O2. The van der Waals surface area contributed by atoms with Crippen molar-refractivity contribution in [2.45, 2.75) is 12.3 Å². The molecule has 0 spiro atoms. The maximum Gasteiger partial charge on any atom is 0.272 e. The van der Waals surface area contributed by atoms with E-state index >= 15 is 0 Å². The maximum atomic E-state index is 11.2. The third-order valence-corrected chi connectivity index (χ3v) is 4.00. The van der Waals surface area contributed by atoms with Crippen molar-refractivity contribution in [1.29, 1.82) is 0 Å². The fraction of sp³-hybridized carbons (Fsp3) is 0.176. The van der Waals surface area contributed by atoms with Crippen LogP contribution < -0.4 is 5.73 Å². The zero-order chi connectivity index (χ0) is 15.5. The van der Waals surface area contributed by atoms with Gasteiger partial charge in [0.25, 0.3) is 5.69 Å². The minimum Gasteiger partial charge on any atom is -0.361 e. The quantitative estimate of drug-likeness (QED) is 0.559. The van der Waals surface area contributed by atoms with Crippen LogP contribution in [0.25, 0.3) is 10.9 Å². The third-order valence-electron chi connectivity index (χ3n) is 4.00. The molecule has 0 bridgehead atoms. The highest BCUT2D eigenvalue weighted by atomic mass is 16.6. The van der Waals surface area contributed by atoms with Gasteiger partial charge in [-0.05, 0) is 24.6 Å². The molecule has 3 aromatic rings. The van der Waals surface area contributed by atoms with Gasteiger partial charge in [0.15, 0.2) is 0 Å². The molecule has 3 N–H and O–H groups in total. The van der Waals surface area contributed by atoms with Crippen LogP contribution in [0, 0.1) is 10.1 Å². The Kier molecular flexibility index (Phi) is 3.89. The Morgan fingerprint density at radius 3 is 2.64 bits per heavy atom. The van der Waals surface area contributed by atoms with Crippen LogP contribution in [-0.2, 0) is 6.42 Å². The number of benzene rings is 2. The number of rotatable bonds is 5. The molecule has 5 heteroatoms. The summed E-state index contributed by atoms with van der Waals surface area (Å²) in [6.45, 7) is 0.438. The van der Waals surface area contributed by atoms with Gasteiger partial charge in [0.1, 0.15) is 0 Å². The zero-order valence-electron chi connectivity index (χ0n) is 12.0. The highest BCUT2D eigenvalue weighted by molar-refractivity contribution is 5.83. The van der Waals surface area contributed by atoms with Crippen molar-refractivity contribution in [3.63, 3.8) is 0 Å². The zero-order valence-corrected chi connectivity index (χ0v) is 12.0. The van der Waals surface area contributed by atoms with E-state index in [0.29, 0.717) is 18.5 Å². The molecule has 0 saturated carbocycles. The first-order valence-electron chi connectivity index (χ1n) is 7.19. The maximum absolute atomic E-state index is 11.2. The Bertz CT molecular complexity index is 810. The average molecular weight is 295 g/mol. The topological polar surface area (TPSA) is 84.9 Å². The number of fused-ring (bicyclic) bond motifs is 1. The number of aromatic nitrogens is 1. The van der Waals surface area contributed by atoms with Crippen molar-refractivity contribution in [1.82, 2.24) is 4.98 Å². The van der Waals surface area contributed by atoms with Gasteiger partial charge in [-0.25, -0.2) is 0 Å². The lowest BCUT2D eigenvalue weighted by molar-refractivity contribution is -0.385. The highest BCUT2D eigenvalue weighted by Gasteiger charge is 2.20. The summed E-state index contributed by atoms with van der Waals surface area (Å²) in [7, 11) is 0. The van der Waals surface area contributed by atoms with Gasteiger partial charge in [0.05, 0.1) is 4.92 Å². The Balaban J connectivity index is 1.98. The van der Waals surface area contributed by atoms with Gasteiger partial charge in [-0.1, -0.05) is 36.4 Å². The Hall–Kier alpha value is -2.66. The van der Waals surface area contributed by atoms with Crippen molar-refractivity contribution >= 4 is 16.6 Å². The van der Waals surface area contributed by atoms with E-state index in [1.807, 2.05) is 36.5 Å². The van der Waals surface area contributed by atoms with Crippen molar-refractivity contribution in [2.24, 2.45) is 5.73 Å². The summed E-state index contributed by atoms with van der Waals surface area (Å²) in [4.78, 5) is 14.1. The second-order valence-electron chi connectivity index (χ2n) is 5.31. The van der Waals surface area contributed by atoms with Gasteiger partial charge >= 0.3 is 0 Å². The standard InChI is InChI=1S/C17H17N3O2/c18-10-13(9-12-5-1-4-8-17(12)20(21)22)15-11-19-16-7-3-2-6-14(15)16/h1-8,11,13,19H,9-10,18H2. The summed E-state index contributed by atoms with van der Waals surface area (Å²) >= 11 is 0. The van der Waals surface area contributed by atoms with Gasteiger partial charge in [-0.2, -0.15) is 0 Å². The lowest BCUT2D eigenvalue weighted by Crippen LogP contribution is -2.15. The Labute approximate surface area is 127 Å². The summed E-state index contributed by atoms with van der Waals surface area (Å²) in [5.74, 6) is 0.0391. The molecule has 1 unspecified atom stereocenters. The predicted molar refractivity (Wildman–Crippen MR) is 86.9 cm³/mol. The van der Waals surface area contributed by atoms with Crippen molar-refractivity contribution in [3.05, 3.63) is 76.0 Å². The van der Waals surface area contributed by atoms with Gasteiger partial charge in [0.2, 0.25) is 0 Å². The molecule has 0 saturated heterocycles. The van der Waals surface area contributed by atoms with Crippen LogP contribution in [0.5, 0.6) is 0 Å². The first kappa shape index (κ1) is 14.3. The van der Waals surface area contributed by atoms with E-state index in [9.17, 15) is 10.1 Å². The van der Waals surface area contributed by atoms with Gasteiger partial charge < -0.3 is 10.7 Å². The number of aromatic amines is 1. The lowest BCUT2D eigenvalue weighted by atomic mass is 9.91. The number of nitrogens with one attached hydrogen (secondary N) is 1. The summed E-state index contributed by atoms with van der Waals surface area (Å²) in [6.07, 6.45) is 2.51. The van der Waals surface area contributed by atoms with E-state index in [2.05, 4.69) is 4.98 Å². The molecule has 0 aliphatic rings. The number of hydrogen-bond donors (Lipinski definition) is 2. The van der Waals surface area contributed by atoms with Crippen molar-refractivity contribution in [2.75, 3.05) is 6.54 Å². The van der Waals surface area contributed by atoms with Gasteiger partial charge in [-0.3, -0.25) is 10.1 Å².